The highest BCUT2D eigenvalue weighted by molar-refractivity contribution is 5.99. The Bertz CT molecular complexity index is 915. The van der Waals surface area contributed by atoms with E-state index in [4.69, 9.17) is 4.74 Å². The zero-order chi connectivity index (χ0) is 17.6. The van der Waals surface area contributed by atoms with Gasteiger partial charge in [-0.3, -0.25) is 4.79 Å². The Morgan fingerprint density at radius 1 is 1.20 bits per heavy atom. The Morgan fingerprint density at radius 3 is 2.80 bits per heavy atom. The molecule has 6 nitrogen and oxygen atoms in total. The largest absolute Gasteiger partial charge is 0.495 e. The molecule has 0 atom stereocenters. The van der Waals surface area contributed by atoms with Crippen LogP contribution in [0.25, 0.3) is 10.9 Å². The molecule has 25 heavy (non-hydrogen) atoms. The number of ether oxygens (including phenoxy) is 1. The summed E-state index contributed by atoms with van der Waals surface area (Å²) >= 11 is 0. The van der Waals surface area contributed by atoms with Crippen molar-refractivity contribution < 1.29 is 9.53 Å². The SMILES string of the molecule is COc1ccccc1NCC(=O)N/N=C\c1cn(C)c2ccccc12. The summed E-state index contributed by atoms with van der Waals surface area (Å²) in [5.41, 5.74) is 5.37. The maximum atomic E-state index is 11.9. The lowest BCUT2D eigenvalue weighted by Crippen LogP contribution is -2.26. The second-order valence-corrected chi connectivity index (χ2v) is 5.56. The third-order valence-electron chi connectivity index (χ3n) is 3.87. The molecule has 2 N–H and O–H groups in total. The topological polar surface area (TPSA) is 67.7 Å². The van der Waals surface area contributed by atoms with Crippen molar-refractivity contribution >= 4 is 28.7 Å². The highest BCUT2D eigenvalue weighted by atomic mass is 16.5. The summed E-state index contributed by atoms with van der Waals surface area (Å²) in [6, 6.07) is 15.5. The number of aryl methyl sites for hydroxylation is 1. The molecule has 0 aliphatic rings. The number of carbonyl (C=O) groups excluding carboxylic acids is 1. The van der Waals surface area contributed by atoms with Crippen LogP contribution in [0.5, 0.6) is 5.75 Å². The molecule has 2 aromatic carbocycles. The number of methoxy groups -OCH3 is 1. The van der Waals surface area contributed by atoms with Crippen molar-refractivity contribution in [1.29, 1.82) is 0 Å². The van der Waals surface area contributed by atoms with Gasteiger partial charge >= 0.3 is 0 Å². The van der Waals surface area contributed by atoms with Gasteiger partial charge in [-0.1, -0.05) is 30.3 Å². The first-order valence-corrected chi connectivity index (χ1v) is 7.92. The molecule has 0 aliphatic carbocycles. The number of hydrazone groups is 1. The van der Waals surface area contributed by atoms with E-state index in [9.17, 15) is 4.79 Å². The Kier molecular flexibility index (Phi) is 4.99. The molecule has 1 aromatic heterocycles. The van der Waals surface area contributed by atoms with E-state index in [-0.39, 0.29) is 12.5 Å². The van der Waals surface area contributed by atoms with E-state index in [2.05, 4.69) is 15.8 Å². The normalized spacial score (nSPS) is 11.0. The summed E-state index contributed by atoms with van der Waals surface area (Å²) < 4.78 is 7.26. The van der Waals surface area contributed by atoms with Crippen LogP contribution in [0.15, 0.2) is 59.8 Å². The number of benzene rings is 2. The number of aromatic nitrogens is 1. The molecule has 0 saturated heterocycles. The lowest BCUT2D eigenvalue weighted by Gasteiger charge is -2.09. The van der Waals surface area contributed by atoms with Gasteiger partial charge in [0.25, 0.3) is 5.91 Å². The number of para-hydroxylation sites is 3. The highest BCUT2D eigenvalue weighted by Gasteiger charge is 2.05. The van der Waals surface area contributed by atoms with Gasteiger partial charge in [0.1, 0.15) is 5.75 Å². The van der Waals surface area contributed by atoms with Crippen LogP contribution < -0.4 is 15.5 Å². The minimum atomic E-state index is -0.234. The molecular weight excluding hydrogens is 316 g/mol. The Hall–Kier alpha value is -3.28. The lowest BCUT2D eigenvalue weighted by atomic mass is 10.2. The van der Waals surface area contributed by atoms with E-state index < -0.39 is 0 Å². The van der Waals surface area contributed by atoms with Gasteiger partial charge in [-0.2, -0.15) is 5.10 Å². The summed E-state index contributed by atoms with van der Waals surface area (Å²) in [4.78, 5) is 11.9. The fraction of sp³-hybridized carbons (Fsp3) is 0.158. The first kappa shape index (κ1) is 16.6. The molecule has 1 amide bonds. The molecule has 0 unspecified atom stereocenters. The van der Waals surface area contributed by atoms with E-state index >= 15 is 0 Å². The van der Waals surface area contributed by atoms with Crippen LogP contribution in [0.1, 0.15) is 5.56 Å². The fourth-order valence-corrected chi connectivity index (χ4v) is 2.66. The van der Waals surface area contributed by atoms with Gasteiger partial charge in [-0.15, -0.1) is 0 Å². The maximum Gasteiger partial charge on any atom is 0.259 e. The minimum absolute atomic E-state index is 0.104. The molecule has 0 radical (unpaired) electrons. The molecule has 0 saturated carbocycles. The number of carbonyl (C=O) groups is 1. The van der Waals surface area contributed by atoms with Gasteiger partial charge in [0, 0.05) is 29.7 Å². The average molecular weight is 336 g/mol. The Labute approximate surface area is 146 Å². The molecule has 6 heteroatoms. The van der Waals surface area contributed by atoms with Gasteiger partial charge in [-0.05, 0) is 18.2 Å². The van der Waals surface area contributed by atoms with Crippen LogP contribution in [0.4, 0.5) is 5.69 Å². The second-order valence-electron chi connectivity index (χ2n) is 5.56. The van der Waals surface area contributed by atoms with Crippen molar-refractivity contribution in [3.8, 4) is 5.75 Å². The maximum absolute atomic E-state index is 11.9. The summed E-state index contributed by atoms with van der Waals surface area (Å²) in [6.07, 6.45) is 3.64. The van der Waals surface area contributed by atoms with Crippen molar-refractivity contribution in [2.45, 2.75) is 0 Å². The van der Waals surface area contributed by atoms with Gasteiger partial charge in [0.15, 0.2) is 0 Å². The summed E-state index contributed by atoms with van der Waals surface area (Å²) in [6.45, 7) is 0.104. The number of hydrogen-bond acceptors (Lipinski definition) is 4. The Balaban J connectivity index is 1.59. The van der Waals surface area contributed by atoms with E-state index in [1.54, 1.807) is 13.3 Å². The van der Waals surface area contributed by atoms with E-state index in [1.165, 1.54) is 0 Å². The summed E-state index contributed by atoms with van der Waals surface area (Å²) in [5.74, 6) is 0.456. The van der Waals surface area contributed by atoms with Crippen LogP contribution in [0, 0.1) is 0 Å². The van der Waals surface area contributed by atoms with Gasteiger partial charge in [0.2, 0.25) is 0 Å². The molecule has 3 rings (SSSR count). The predicted molar refractivity (Wildman–Crippen MR) is 100 cm³/mol. The van der Waals surface area contributed by atoms with Crippen LogP contribution in [-0.4, -0.2) is 30.3 Å². The molecule has 3 aromatic rings. The van der Waals surface area contributed by atoms with Crippen molar-refractivity contribution in [1.82, 2.24) is 9.99 Å². The lowest BCUT2D eigenvalue weighted by molar-refractivity contribution is -0.119. The summed E-state index contributed by atoms with van der Waals surface area (Å²) in [7, 11) is 3.57. The highest BCUT2D eigenvalue weighted by Crippen LogP contribution is 2.22. The molecule has 0 aliphatic heterocycles. The molecule has 1 heterocycles. The monoisotopic (exact) mass is 336 g/mol. The van der Waals surface area contributed by atoms with Gasteiger partial charge in [0.05, 0.1) is 25.6 Å². The number of nitrogens with one attached hydrogen (secondary N) is 2. The van der Waals surface area contributed by atoms with Crippen LogP contribution in [0.2, 0.25) is 0 Å². The first-order chi connectivity index (χ1) is 12.2. The second kappa shape index (κ2) is 7.53. The standard InChI is InChI=1S/C19H20N4O2/c1-23-13-14(15-7-3-5-9-17(15)23)11-21-22-19(24)12-20-16-8-4-6-10-18(16)25-2/h3-11,13,20H,12H2,1-2H3,(H,22,24)/b21-11-. The number of hydrogen-bond donors (Lipinski definition) is 2. The van der Waals surface area contributed by atoms with Crippen LogP contribution in [-0.2, 0) is 11.8 Å². The number of rotatable bonds is 6. The predicted octanol–water partition coefficient (Wildman–Crippen LogP) is 2.75. The molecule has 0 spiro atoms. The molecular formula is C19H20N4O2. The van der Waals surface area contributed by atoms with E-state index in [1.807, 2.05) is 66.3 Å². The number of fused-ring (bicyclic) bond motifs is 1. The van der Waals surface area contributed by atoms with Crippen LogP contribution >= 0.6 is 0 Å². The average Bonchev–Trinajstić information content (AvgIpc) is 2.96. The van der Waals surface area contributed by atoms with E-state index in [0.29, 0.717) is 5.75 Å². The summed E-state index contributed by atoms with van der Waals surface area (Å²) in [5, 5.41) is 8.17. The van der Waals surface area contributed by atoms with E-state index in [0.717, 1.165) is 22.2 Å². The molecule has 128 valence electrons. The number of anilines is 1. The van der Waals surface area contributed by atoms with Gasteiger partial charge in [-0.25, -0.2) is 5.43 Å². The smallest absolute Gasteiger partial charge is 0.259 e. The van der Waals surface area contributed by atoms with Gasteiger partial charge < -0.3 is 14.6 Å². The van der Waals surface area contributed by atoms with Crippen molar-refractivity contribution in [3.63, 3.8) is 0 Å². The fourth-order valence-electron chi connectivity index (χ4n) is 2.66. The number of amides is 1. The number of nitrogens with zero attached hydrogens (tertiary/aromatic N) is 2. The quantitative estimate of drug-likeness (QED) is 0.537. The van der Waals surface area contributed by atoms with Crippen LogP contribution in [0.3, 0.4) is 0 Å². The zero-order valence-electron chi connectivity index (χ0n) is 14.2. The first-order valence-electron chi connectivity index (χ1n) is 7.92. The Morgan fingerprint density at radius 2 is 1.96 bits per heavy atom. The van der Waals surface area contributed by atoms with Crippen molar-refractivity contribution in [3.05, 3.63) is 60.3 Å². The molecule has 0 bridgehead atoms. The van der Waals surface area contributed by atoms with Crippen molar-refractivity contribution in [2.24, 2.45) is 12.1 Å². The third-order valence-corrected chi connectivity index (χ3v) is 3.87. The molecule has 0 fully saturated rings. The zero-order valence-corrected chi connectivity index (χ0v) is 14.2. The minimum Gasteiger partial charge on any atom is -0.495 e. The third kappa shape index (κ3) is 3.80. The van der Waals surface area contributed by atoms with Crippen molar-refractivity contribution in [2.75, 3.05) is 19.0 Å².